The zero-order chi connectivity index (χ0) is 11.4. The van der Waals surface area contributed by atoms with E-state index in [9.17, 15) is 0 Å². The van der Waals surface area contributed by atoms with Crippen molar-refractivity contribution in [1.29, 1.82) is 0 Å². The van der Waals surface area contributed by atoms with Crippen LogP contribution in [0.25, 0.3) is 0 Å². The summed E-state index contributed by atoms with van der Waals surface area (Å²) in [7, 11) is 1.82. The van der Waals surface area contributed by atoms with Crippen LogP contribution in [0.4, 0.5) is 5.69 Å². The van der Waals surface area contributed by atoms with Gasteiger partial charge >= 0.3 is 0 Å². The summed E-state index contributed by atoms with van der Waals surface area (Å²) in [6, 6.07) is 9.09. The van der Waals surface area contributed by atoms with Gasteiger partial charge in [0.25, 0.3) is 0 Å². The van der Waals surface area contributed by atoms with Crippen LogP contribution in [-0.2, 0) is 0 Å². The van der Waals surface area contributed by atoms with Gasteiger partial charge in [-0.05, 0) is 30.3 Å². The standard InChI is InChI=1S/C12H11ClN2O/c1-14-11-7-9(13)4-5-12(11)16-10-3-2-6-15-8-10/h2-8,14H,1H3. The van der Waals surface area contributed by atoms with Gasteiger partial charge in [-0.2, -0.15) is 0 Å². The lowest BCUT2D eigenvalue weighted by Crippen LogP contribution is -1.93. The minimum absolute atomic E-state index is 0.669. The van der Waals surface area contributed by atoms with Gasteiger partial charge in [0.2, 0.25) is 0 Å². The first-order valence-electron chi connectivity index (χ1n) is 4.85. The van der Waals surface area contributed by atoms with Gasteiger partial charge in [0.1, 0.15) is 5.75 Å². The molecule has 0 unspecified atom stereocenters. The molecule has 4 heteroatoms. The molecule has 0 radical (unpaired) electrons. The molecule has 0 atom stereocenters. The number of nitrogens with zero attached hydrogens (tertiary/aromatic N) is 1. The summed E-state index contributed by atoms with van der Waals surface area (Å²) in [5.41, 5.74) is 0.844. The van der Waals surface area contributed by atoms with Crippen LogP contribution in [0.15, 0.2) is 42.7 Å². The molecular formula is C12H11ClN2O. The van der Waals surface area contributed by atoms with E-state index in [0.717, 1.165) is 11.4 Å². The molecule has 82 valence electrons. The molecule has 1 heterocycles. The highest BCUT2D eigenvalue weighted by Crippen LogP contribution is 2.31. The van der Waals surface area contributed by atoms with Crippen molar-refractivity contribution in [3.05, 3.63) is 47.7 Å². The Morgan fingerprint density at radius 2 is 2.19 bits per heavy atom. The Hall–Kier alpha value is -1.74. The molecule has 2 rings (SSSR count). The van der Waals surface area contributed by atoms with Crippen molar-refractivity contribution in [3.8, 4) is 11.5 Å². The fraction of sp³-hybridized carbons (Fsp3) is 0.0833. The third kappa shape index (κ3) is 2.44. The second-order valence-electron chi connectivity index (χ2n) is 3.18. The lowest BCUT2D eigenvalue weighted by atomic mass is 10.3. The van der Waals surface area contributed by atoms with Crippen LogP contribution in [-0.4, -0.2) is 12.0 Å². The van der Waals surface area contributed by atoms with E-state index in [-0.39, 0.29) is 0 Å². The Bertz CT molecular complexity index is 474. The highest BCUT2D eigenvalue weighted by molar-refractivity contribution is 6.30. The van der Waals surface area contributed by atoms with Crippen molar-refractivity contribution in [2.45, 2.75) is 0 Å². The summed E-state index contributed by atoms with van der Waals surface area (Å²) in [6.07, 6.45) is 3.36. The van der Waals surface area contributed by atoms with E-state index in [1.807, 2.05) is 31.3 Å². The molecule has 3 nitrogen and oxygen atoms in total. The predicted molar refractivity (Wildman–Crippen MR) is 65.3 cm³/mol. The highest BCUT2D eigenvalue weighted by Gasteiger charge is 2.04. The molecule has 0 aliphatic carbocycles. The Morgan fingerprint density at radius 1 is 1.31 bits per heavy atom. The van der Waals surface area contributed by atoms with Gasteiger partial charge < -0.3 is 10.1 Å². The monoisotopic (exact) mass is 234 g/mol. The highest BCUT2D eigenvalue weighted by atomic mass is 35.5. The molecule has 0 spiro atoms. The number of anilines is 1. The minimum Gasteiger partial charge on any atom is -0.454 e. The summed E-state index contributed by atoms with van der Waals surface area (Å²) in [6.45, 7) is 0. The largest absolute Gasteiger partial charge is 0.454 e. The maximum absolute atomic E-state index is 5.89. The second-order valence-corrected chi connectivity index (χ2v) is 3.62. The molecule has 2 aromatic rings. The minimum atomic E-state index is 0.669. The Kier molecular flexibility index (Phi) is 3.27. The molecule has 0 saturated carbocycles. The molecule has 16 heavy (non-hydrogen) atoms. The summed E-state index contributed by atoms with van der Waals surface area (Å²) < 4.78 is 5.67. The van der Waals surface area contributed by atoms with Crippen molar-refractivity contribution in [2.24, 2.45) is 0 Å². The second kappa shape index (κ2) is 4.86. The zero-order valence-electron chi connectivity index (χ0n) is 8.77. The Morgan fingerprint density at radius 3 is 2.88 bits per heavy atom. The zero-order valence-corrected chi connectivity index (χ0v) is 9.53. The van der Waals surface area contributed by atoms with Crippen LogP contribution in [0.2, 0.25) is 5.02 Å². The van der Waals surface area contributed by atoms with E-state index in [1.165, 1.54) is 0 Å². The normalized spacial score (nSPS) is 9.88. The number of ether oxygens (including phenoxy) is 1. The van der Waals surface area contributed by atoms with Crippen LogP contribution in [0.1, 0.15) is 0 Å². The first-order valence-corrected chi connectivity index (χ1v) is 5.22. The van der Waals surface area contributed by atoms with Gasteiger partial charge in [-0.25, -0.2) is 0 Å². The third-order valence-corrected chi connectivity index (χ3v) is 2.31. The lowest BCUT2D eigenvalue weighted by Gasteiger charge is -2.10. The van der Waals surface area contributed by atoms with Crippen LogP contribution >= 0.6 is 11.6 Å². The van der Waals surface area contributed by atoms with Crippen molar-refractivity contribution >= 4 is 17.3 Å². The number of hydrogen-bond acceptors (Lipinski definition) is 3. The molecule has 1 aromatic heterocycles. The van der Waals surface area contributed by atoms with Gasteiger partial charge in [0.05, 0.1) is 11.9 Å². The first kappa shape index (κ1) is 10.8. The molecule has 0 amide bonds. The van der Waals surface area contributed by atoms with E-state index in [4.69, 9.17) is 16.3 Å². The molecule has 1 aromatic carbocycles. The smallest absolute Gasteiger partial charge is 0.150 e. The van der Waals surface area contributed by atoms with E-state index in [0.29, 0.717) is 10.8 Å². The van der Waals surface area contributed by atoms with E-state index >= 15 is 0 Å². The maximum Gasteiger partial charge on any atom is 0.150 e. The lowest BCUT2D eigenvalue weighted by molar-refractivity contribution is 0.482. The fourth-order valence-corrected chi connectivity index (χ4v) is 1.49. The summed E-state index contributed by atoms with van der Waals surface area (Å²) in [5, 5.41) is 3.70. The van der Waals surface area contributed by atoms with Crippen LogP contribution in [0, 0.1) is 0 Å². The van der Waals surface area contributed by atoms with Gasteiger partial charge in [0, 0.05) is 18.3 Å². The van der Waals surface area contributed by atoms with E-state index in [1.54, 1.807) is 18.5 Å². The molecule has 1 N–H and O–H groups in total. The van der Waals surface area contributed by atoms with Crippen molar-refractivity contribution < 1.29 is 4.74 Å². The summed E-state index contributed by atoms with van der Waals surface area (Å²) in [5.74, 6) is 1.42. The fourth-order valence-electron chi connectivity index (χ4n) is 1.32. The van der Waals surface area contributed by atoms with Crippen LogP contribution in [0.5, 0.6) is 11.5 Å². The molecule has 0 aliphatic heterocycles. The SMILES string of the molecule is CNc1cc(Cl)ccc1Oc1cccnc1. The summed E-state index contributed by atoms with van der Waals surface area (Å²) in [4.78, 5) is 3.98. The third-order valence-electron chi connectivity index (χ3n) is 2.07. The maximum atomic E-state index is 5.89. The number of halogens is 1. The Balaban J connectivity index is 2.28. The first-order chi connectivity index (χ1) is 7.79. The van der Waals surface area contributed by atoms with E-state index in [2.05, 4.69) is 10.3 Å². The quantitative estimate of drug-likeness (QED) is 0.882. The molecule has 0 bridgehead atoms. The predicted octanol–water partition coefficient (Wildman–Crippen LogP) is 3.57. The summed E-state index contributed by atoms with van der Waals surface area (Å²) >= 11 is 5.89. The average Bonchev–Trinajstić information content (AvgIpc) is 2.33. The topological polar surface area (TPSA) is 34.1 Å². The van der Waals surface area contributed by atoms with Gasteiger partial charge in [-0.15, -0.1) is 0 Å². The van der Waals surface area contributed by atoms with Crippen molar-refractivity contribution in [1.82, 2.24) is 4.98 Å². The molecule has 0 saturated heterocycles. The van der Waals surface area contributed by atoms with Crippen molar-refractivity contribution in [3.63, 3.8) is 0 Å². The molecular weight excluding hydrogens is 224 g/mol. The van der Waals surface area contributed by atoms with Gasteiger partial charge in [-0.1, -0.05) is 11.6 Å². The van der Waals surface area contributed by atoms with Crippen LogP contribution in [0.3, 0.4) is 0 Å². The average molecular weight is 235 g/mol. The number of nitrogens with one attached hydrogen (secondary N) is 1. The van der Waals surface area contributed by atoms with E-state index < -0.39 is 0 Å². The van der Waals surface area contributed by atoms with Gasteiger partial charge in [0.15, 0.2) is 5.75 Å². The number of rotatable bonds is 3. The Labute approximate surface area is 99.0 Å². The number of pyridine rings is 1. The van der Waals surface area contributed by atoms with Gasteiger partial charge in [-0.3, -0.25) is 4.98 Å². The number of aromatic nitrogens is 1. The number of hydrogen-bond donors (Lipinski definition) is 1. The van der Waals surface area contributed by atoms with Crippen molar-refractivity contribution in [2.75, 3.05) is 12.4 Å². The molecule has 0 fully saturated rings. The number of benzene rings is 1. The molecule has 0 aliphatic rings. The van der Waals surface area contributed by atoms with Crippen LogP contribution < -0.4 is 10.1 Å².